The van der Waals surface area contributed by atoms with Gasteiger partial charge in [-0.3, -0.25) is 0 Å². The van der Waals surface area contributed by atoms with Gasteiger partial charge in [-0.2, -0.15) is 11.8 Å². The zero-order valence-electron chi connectivity index (χ0n) is 10.1. The van der Waals surface area contributed by atoms with E-state index >= 15 is 0 Å². The second-order valence-electron chi connectivity index (χ2n) is 4.03. The van der Waals surface area contributed by atoms with E-state index in [-0.39, 0.29) is 11.7 Å². The summed E-state index contributed by atoms with van der Waals surface area (Å²) in [5, 5.41) is 11.4. The molecule has 0 radical (unpaired) electrons. The fourth-order valence-corrected chi connectivity index (χ4v) is 2.64. The number of carbonyl (C=O) groups excluding carboxylic acids is 1. The largest absolute Gasteiger partial charge is 0.478 e. The summed E-state index contributed by atoms with van der Waals surface area (Å²) in [6, 6.07) is 3.21. The number of benzene rings is 1. The molecule has 0 aliphatic carbocycles. The van der Waals surface area contributed by atoms with Gasteiger partial charge in [0.1, 0.15) is 5.82 Å². The molecule has 5 nitrogen and oxygen atoms in total. The molecular weight excluding hydrogens is 271 g/mol. The van der Waals surface area contributed by atoms with Crippen molar-refractivity contribution < 1.29 is 19.1 Å². The topological polar surface area (TPSA) is 69.6 Å². The van der Waals surface area contributed by atoms with E-state index in [1.165, 1.54) is 6.07 Å². The van der Waals surface area contributed by atoms with Crippen LogP contribution < -0.4 is 5.32 Å². The van der Waals surface area contributed by atoms with Gasteiger partial charge in [-0.05, 0) is 18.2 Å². The Morgan fingerprint density at radius 1 is 1.32 bits per heavy atom. The molecule has 0 saturated carbocycles. The van der Waals surface area contributed by atoms with Gasteiger partial charge in [0.25, 0.3) is 0 Å². The van der Waals surface area contributed by atoms with Crippen LogP contribution >= 0.6 is 11.8 Å². The number of aromatic carboxylic acids is 1. The number of nitrogens with one attached hydrogen (secondary N) is 1. The van der Waals surface area contributed by atoms with Crippen LogP contribution in [-0.4, -0.2) is 46.6 Å². The predicted octanol–water partition coefficient (Wildman–Crippen LogP) is 2.10. The van der Waals surface area contributed by atoms with Crippen molar-refractivity contribution in [1.82, 2.24) is 4.90 Å². The van der Waals surface area contributed by atoms with Gasteiger partial charge in [0.2, 0.25) is 0 Å². The van der Waals surface area contributed by atoms with E-state index in [1.54, 1.807) is 16.7 Å². The first-order chi connectivity index (χ1) is 9.08. The minimum Gasteiger partial charge on any atom is -0.478 e. The lowest BCUT2D eigenvalue weighted by molar-refractivity contribution is 0.0692. The number of rotatable bonds is 2. The van der Waals surface area contributed by atoms with Gasteiger partial charge in [0, 0.05) is 30.3 Å². The van der Waals surface area contributed by atoms with E-state index in [9.17, 15) is 14.0 Å². The monoisotopic (exact) mass is 284 g/mol. The van der Waals surface area contributed by atoms with Crippen LogP contribution in [0, 0.1) is 5.82 Å². The summed E-state index contributed by atoms with van der Waals surface area (Å²) in [7, 11) is 0. The highest BCUT2D eigenvalue weighted by Gasteiger charge is 2.18. The maximum atomic E-state index is 13.2. The highest BCUT2D eigenvalue weighted by atomic mass is 32.2. The quantitative estimate of drug-likeness (QED) is 0.872. The highest BCUT2D eigenvalue weighted by molar-refractivity contribution is 7.99. The van der Waals surface area contributed by atoms with Crippen LogP contribution in [0.15, 0.2) is 18.2 Å². The summed E-state index contributed by atoms with van der Waals surface area (Å²) >= 11 is 1.78. The zero-order valence-corrected chi connectivity index (χ0v) is 10.9. The van der Waals surface area contributed by atoms with Gasteiger partial charge in [-0.25, -0.2) is 14.0 Å². The van der Waals surface area contributed by atoms with Gasteiger partial charge in [-0.1, -0.05) is 0 Å². The Morgan fingerprint density at radius 3 is 2.63 bits per heavy atom. The first-order valence-corrected chi connectivity index (χ1v) is 6.90. The Morgan fingerprint density at radius 2 is 2.00 bits per heavy atom. The lowest BCUT2D eigenvalue weighted by Gasteiger charge is -2.26. The number of hydrogen-bond donors (Lipinski definition) is 2. The number of halogens is 1. The Hall–Kier alpha value is -1.76. The molecular formula is C12H13FN2O3S. The van der Waals surface area contributed by atoms with Gasteiger partial charge < -0.3 is 15.3 Å². The summed E-state index contributed by atoms with van der Waals surface area (Å²) in [4.78, 5) is 24.3. The second kappa shape index (κ2) is 5.92. The second-order valence-corrected chi connectivity index (χ2v) is 5.25. The van der Waals surface area contributed by atoms with E-state index in [2.05, 4.69) is 5.32 Å². The van der Waals surface area contributed by atoms with Crippen molar-refractivity contribution in [3.63, 3.8) is 0 Å². The average molecular weight is 284 g/mol. The third-order valence-corrected chi connectivity index (χ3v) is 3.69. The Labute approximate surface area is 113 Å². The van der Waals surface area contributed by atoms with Crippen LogP contribution in [0.4, 0.5) is 14.9 Å². The molecule has 0 aromatic heterocycles. The number of anilines is 1. The van der Waals surface area contributed by atoms with Crippen molar-refractivity contribution in [2.75, 3.05) is 29.9 Å². The normalized spacial score (nSPS) is 15.1. The molecule has 2 rings (SSSR count). The Balaban J connectivity index is 2.08. The molecule has 1 aliphatic heterocycles. The average Bonchev–Trinajstić information content (AvgIpc) is 2.41. The first kappa shape index (κ1) is 13.7. The molecule has 1 aromatic rings. The molecule has 0 bridgehead atoms. The van der Waals surface area contributed by atoms with Crippen LogP contribution in [0.2, 0.25) is 0 Å². The summed E-state index contributed by atoms with van der Waals surface area (Å²) in [6.45, 7) is 1.31. The van der Waals surface area contributed by atoms with Crippen molar-refractivity contribution >= 4 is 29.4 Å². The van der Waals surface area contributed by atoms with Crippen LogP contribution in [0.25, 0.3) is 0 Å². The maximum absolute atomic E-state index is 13.2. The lowest BCUT2D eigenvalue weighted by Crippen LogP contribution is -2.40. The minimum atomic E-state index is -1.36. The van der Waals surface area contributed by atoms with Crippen LogP contribution in [0.1, 0.15) is 10.4 Å². The molecule has 0 atom stereocenters. The standard InChI is InChI=1S/C12H13FN2O3S/c13-10-2-1-8(7-9(10)11(16)17)14-12(18)15-3-5-19-6-4-15/h1-2,7H,3-6H2,(H,14,18)(H,16,17). The molecule has 1 aromatic carbocycles. The summed E-state index contributed by atoms with van der Waals surface area (Å²) in [6.07, 6.45) is 0. The molecule has 0 unspecified atom stereocenters. The fourth-order valence-electron chi connectivity index (χ4n) is 1.74. The lowest BCUT2D eigenvalue weighted by atomic mass is 10.2. The fraction of sp³-hybridized carbons (Fsp3) is 0.333. The minimum absolute atomic E-state index is 0.280. The zero-order chi connectivity index (χ0) is 13.8. The number of amides is 2. The molecule has 1 saturated heterocycles. The van der Waals surface area contributed by atoms with E-state index < -0.39 is 17.3 Å². The van der Waals surface area contributed by atoms with E-state index in [0.29, 0.717) is 13.1 Å². The summed E-state index contributed by atoms with van der Waals surface area (Å²) < 4.78 is 13.2. The van der Waals surface area contributed by atoms with Crippen LogP contribution in [0.5, 0.6) is 0 Å². The van der Waals surface area contributed by atoms with Gasteiger partial charge >= 0.3 is 12.0 Å². The molecule has 19 heavy (non-hydrogen) atoms. The number of urea groups is 1. The summed E-state index contributed by atoms with van der Waals surface area (Å²) in [5.74, 6) is -0.406. The molecule has 102 valence electrons. The molecule has 0 spiro atoms. The number of carboxylic acids is 1. The van der Waals surface area contributed by atoms with Gasteiger partial charge in [-0.15, -0.1) is 0 Å². The van der Waals surface area contributed by atoms with Gasteiger partial charge in [0.15, 0.2) is 0 Å². The number of carboxylic acid groups (broad SMARTS) is 1. The van der Waals surface area contributed by atoms with Crippen LogP contribution in [-0.2, 0) is 0 Å². The van der Waals surface area contributed by atoms with E-state index in [1.807, 2.05) is 0 Å². The SMILES string of the molecule is O=C(O)c1cc(NC(=O)N2CCSCC2)ccc1F. The molecule has 2 N–H and O–H groups in total. The van der Waals surface area contributed by atoms with E-state index in [4.69, 9.17) is 5.11 Å². The Bertz CT molecular complexity index is 504. The van der Waals surface area contributed by atoms with Gasteiger partial charge in [0.05, 0.1) is 5.56 Å². The van der Waals surface area contributed by atoms with Crippen molar-refractivity contribution in [1.29, 1.82) is 0 Å². The molecule has 1 aliphatic rings. The summed E-state index contributed by atoms with van der Waals surface area (Å²) in [5.41, 5.74) is -0.172. The third-order valence-electron chi connectivity index (χ3n) is 2.75. The van der Waals surface area contributed by atoms with Crippen LogP contribution in [0.3, 0.4) is 0 Å². The van der Waals surface area contributed by atoms with E-state index in [0.717, 1.165) is 23.6 Å². The number of nitrogens with zero attached hydrogens (tertiary/aromatic N) is 1. The smallest absolute Gasteiger partial charge is 0.338 e. The molecule has 1 fully saturated rings. The first-order valence-electron chi connectivity index (χ1n) is 5.74. The molecule has 1 heterocycles. The molecule has 2 amide bonds. The molecule has 7 heteroatoms. The van der Waals surface area contributed by atoms with Crippen molar-refractivity contribution in [2.45, 2.75) is 0 Å². The van der Waals surface area contributed by atoms with Crippen molar-refractivity contribution in [3.8, 4) is 0 Å². The highest BCUT2D eigenvalue weighted by Crippen LogP contribution is 2.16. The maximum Gasteiger partial charge on any atom is 0.338 e. The predicted molar refractivity (Wildman–Crippen MR) is 71.3 cm³/mol. The number of hydrogen-bond acceptors (Lipinski definition) is 3. The third kappa shape index (κ3) is 3.37. The number of carbonyl (C=O) groups is 2. The van der Waals surface area contributed by atoms with Crippen molar-refractivity contribution in [3.05, 3.63) is 29.6 Å². The Kier molecular flexibility index (Phi) is 4.26. The van der Waals surface area contributed by atoms with Crippen molar-refractivity contribution in [2.24, 2.45) is 0 Å². The number of thioether (sulfide) groups is 1.